The third-order valence-electron chi connectivity index (χ3n) is 5.06. The van der Waals surface area contributed by atoms with Gasteiger partial charge in [-0.15, -0.1) is 0 Å². The van der Waals surface area contributed by atoms with Crippen molar-refractivity contribution in [2.24, 2.45) is 0 Å². The molecule has 1 heterocycles. The summed E-state index contributed by atoms with van der Waals surface area (Å²) in [6, 6.07) is 9.37. The Balaban J connectivity index is 1.69. The molecule has 0 saturated heterocycles. The number of hydrogen-bond donors (Lipinski definition) is 4. The van der Waals surface area contributed by atoms with Crippen LogP contribution in [0.2, 0.25) is 0 Å². The molecule has 0 saturated carbocycles. The van der Waals surface area contributed by atoms with Crippen molar-refractivity contribution < 1.29 is 28.3 Å². The maximum Gasteiger partial charge on any atom is 0.254 e. The van der Waals surface area contributed by atoms with E-state index in [4.69, 9.17) is 0 Å². The molecule has 0 unspecified atom stereocenters. The van der Waals surface area contributed by atoms with E-state index < -0.39 is 47.6 Å². The second-order valence-electron chi connectivity index (χ2n) is 7.43. The number of amides is 3. The van der Waals surface area contributed by atoms with Crippen molar-refractivity contribution in [2.45, 2.75) is 31.0 Å². The van der Waals surface area contributed by atoms with Crippen LogP contribution in [-0.2, 0) is 14.4 Å². The maximum atomic E-state index is 13.4. The minimum Gasteiger partial charge on any atom is -0.378 e. The lowest BCUT2D eigenvalue weighted by Gasteiger charge is -2.26. The van der Waals surface area contributed by atoms with Crippen LogP contribution in [0, 0.1) is 11.6 Å². The van der Waals surface area contributed by atoms with Crippen LogP contribution < -0.4 is 16.0 Å². The average molecular weight is 443 g/mol. The lowest BCUT2D eigenvalue weighted by Crippen LogP contribution is -2.54. The van der Waals surface area contributed by atoms with Crippen LogP contribution in [0.1, 0.15) is 30.1 Å². The van der Waals surface area contributed by atoms with Gasteiger partial charge >= 0.3 is 0 Å². The first kappa shape index (κ1) is 23.1. The summed E-state index contributed by atoms with van der Waals surface area (Å²) in [5.74, 6) is -4.37. The SMILES string of the molecule is C[C@H](NC(=O)[C@@H](O)c1cc(F)cc(F)c1)C(=O)N[C@@H]1C(=O)NCC=C[C@@H]1c1ccccc1. The lowest BCUT2D eigenvalue weighted by molar-refractivity contribution is -0.135. The summed E-state index contributed by atoms with van der Waals surface area (Å²) < 4.78 is 26.7. The van der Waals surface area contributed by atoms with Crippen molar-refractivity contribution in [1.82, 2.24) is 16.0 Å². The van der Waals surface area contributed by atoms with Crippen LogP contribution in [0.5, 0.6) is 0 Å². The highest BCUT2D eigenvalue weighted by Crippen LogP contribution is 2.23. The van der Waals surface area contributed by atoms with Gasteiger partial charge in [0.2, 0.25) is 11.8 Å². The van der Waals surface area contributed by atoms with Gasteiger partial charge in [-0.2, -0.15) is 0 Å². The lowest BCUT2D eigenvalue weighted by atomic mass is 9.90. The van der Waals surface area contributed by atoms with Crippen molar-refractivity contribution in [3.05, 3.63) is 83.4 Å². The van der Waals surface area contributed by atoms with Gasteiger partial charge in [0.15, 0.2) is 6.10 Å². The molecule has 2 aromatic carbocycles. The van der Waals surface area contributed by atoms with Crippen molar-refractivity contribution in [3.63, 3.8) is 0 Å². The fourth-order valence-electron chi connectivity index (χ4n) is 3.41. The Morgan fingerprint density at radius 3 is 2.41 bits per heavy atom. The third-order valence-corrected chi connectivity index (χ3v) is 5.06. The number of rotatable bonds is 6. The standard InChI is InChI=1S/C23H23F2N3O4/c1-13(27-23(32)20(29)15-10-16(24)12-17(25)11-15)21(30)28-19-18(8-5-9-26-22(19)31)14-6-3-2-4-7-14/h2-8,10-13,18-20,29H,9H2,1H3,(H,26,31)(H,27,32)(H,28,30)/t13-,18+,19-,20-/m0/s1. The summed E-state index contributed by atoms with van der Waals surface area (Å²) in [6.07, 6.45) is 1.74. The van der Waals surface area contributed by atoms with E-state index in [1.165, 1.54) is 6.92 Å². The minimum absolute atomic E-state index is 0.287. The van der Waals surface area contributed by atoms with E-state index in [2.05, 4.69) is 16.0 Å². The number of aliphatic hydroxyl groups is 1. The quantitative estimate of drug-likeness (QED) is 0.507. The highest BCUT2D eigenvalue weighted by molar-refractivity contribution is 5.93. The number of halogens is 2. The number of carbonyl (C=O) groups is 3. The van der Waals surface area contributed by atoms with E-state index >= 15 is 0 Å². The number of aliphatic hydroxyl groups excluding tert-OH is 1. The molecular weight excluding hydrogens is 420 g/mol. The normalized spacial score (nSPS) is 19.9. The van der Waals surface area contributed by atoms with Crippen LogP contribution in [-0.4, -0.2) is 41.5 Å². The molecule has 0 bridgehead atoms. The third kappa shape index (κ3) is 5.55. The highest BCUT2D eigenvalue weighted by atomic mass is 19.1. The Kier molecular flexibility index (Phi) is 7.32. The molecule has 1 aliphatic heterocycles. The summed E-state index contributed by atoms with van der Waals surface area (Å²) in [5, 5.41) is 17.7. The maximum absolute atomic E-state index is 13.4. The number of carbonyl (C=O) groups excluding carboxylic acids is 3. The van der Waals surface area contributed by atoms with Gasteiger partial charge in [-0.3, -0.25) is 14.4 Å². The molecule has 3 amide bonds. The van der Waals surface area contributed by atoms with E-state index in [0.29, 0.717) is 12.6 Å². The van der Waals surface area contributed by atoms with Crippen LogP contribution in [0.25, 0.3) is 0 Å². The predicted molar refractivity (Wildman–Crippen MR) is 112 cm³/mol. The Morgan fingerprint density at radius 1 is 1.09 bits per heavy atom. The summed E-state index contributed by atoms with van der Waals surface area (Å²) >= 11 is 0. The van der Waals surface area contributed by atoms with E-state index in [1.54, 1.807) is 6.08 Å². The van der Waals surface area contributed by atoms with Gasteiger partial charge < -0.3 is 21.1 Å². The molecule has 32 heavy (non-hydrogen) atoms. The monoisotopic (exact) mass is 443 g/mol. The molecule has 3 rings (SSSR count). The van der Waals surface area contributed by atoms with Gasteiger partial charge in [-0.25, -0.2) is 8.78 Å². The van der Waals surface area contributed by atoms with Gasteiger partial charge in [-0.1, -0.05) is 42.5 Å². The van der Waals surface area contributed by atoms with E-state index in [-0.39, 0.29) is 11.5 Å². The molecule has 7 nitrogen and oxygen atoms in total. The number of benzene rings is 2. The first-order valence-corrected chi connectivity index (χ1v) is 10.0. The van der Waals surface area contributed by atoms with E-state index in [9.17, 15) is 28.3 Å². The van der Waals surface area contributed by atoms with Crippen LogP contribution in [0.15, 0.2) is 60.7 Å². The van der Waals surface area contributed by atoms with Gasteiger partial charge in [0, 0.05) is 18.5 Å². The van der Waals surface area contributed by atoms with Crippen molar-refractivity contribution in [3.8, 4) is 0 Å². The van der Waals surface area contributed by atoms with Crippen molar-refractivity contribution in [2.75, 3.05) is 6.54 Å². The summed E-state index contributed by atoms with van der Waals surface area (Å²) in [6.45, 7) is 1.69. The zero-order valence-electron chi connectivity index (χ0n) is 17.2. The zero-order valence-corrected chi connectivity index (χ0v) is 17.2. The van der Waals surface area contributed by atoms with Crippen molar-refractivity contribution >= 4 is 17.7 Å². The summed E-state index contributed by atoms with van der Waals surface area (Å²) in [5.41, 5.74) is 0.538. The Labute approximate surface area is 183 Å². The Hall–Kier alpha value is -3.59. The van der Waals surface area contributed by atoms with Gasteiger partial charge in [0.05, 0.1) is 0 Å². The molecule has 0 spiro atoms. The molecule has 0 aliphatic carbocycles. The molecule has 168 valence electrons. The fraction of sp³-hybridized carbons (Fsp3) is 0.261. The van der Waals surface area contributed by atoms with Gasteiger partial charge in [-0.05, 0) is 30.2 Å². The molecule has 0 radical (unpaired) electrons. The first-order chi connectivity index (χ1) is 15.3. The Morgan fingerprint density at radius 2 is 1.75 bits per heavy atom. The second kappa shape index (κ2) is 10.1. The molecule has 1 aliphatic rings. The van der Waals surface area contributed by atoms with E-state index in [0.717, 1.165) is 17.7 Å². The number of hydrogen-bond acceptors (Lipinski definition) is 4. The predicted octanol–water partition coefficient (Wildman–Crippen LogP) is 1.46. The van der Waals surface area contributed by atoms with E-state index in [1.807, 2.05) is 36.4 Å². The molecule has 4 atom stereocenters. The topological polar surface area (TPSA) is 108 Å². The molecular formula is C23H23F2N3O4. The minimum atomic E-state index is -1.88. The highest BCUT2D eigenvalue weighted by Gasteiger charge is 2.32. The molecule has 9 heteroatoms. The Bertz CT molecular complexity index is 1010. The summed E-state index contributed by atoms with van der Waals surface area (Å²) in [7, 11) is 0. The second-order valence-corrected chi connectivity index (χ2v) is 7.43. The molecule has 4 N–H and O–H groups in total. The van der Waals surface area contributed by atoms with Crippen LogP contribution >= 0.6 is 0 Å². The van der Waals surface area contributed by atoms with Gasteiger partial charge in [0.1, 0.15) is 23.7 Å². The smallest absolute Gasteiger partial charge is 0.254 e. The first-order valence-electron chi connectivity index (χ1n) is 10.0. The van der Waals surface area contributed by atoms with Gasteiger partial charge in [0.25, 0.3) is 5.91 Å². The molecule has 0 fully saturated rings. The summed E-state index contributed by atoms with van der Waals surface area (Å²) in [4.78, 5) is 37.6. The van der Waals surface area contributed by atoms with Crippen LogP contribution in [0.4, 0.5) is 8.78 Å². The zero-order chi connectivity index (χ0) is 23.3. The van der Waals surface area contributed by atoms with Crippen LogP contribution in [0.3, 0.4) is 0 Å². The molecule has 0 aromatic heterocycles. The largest absolute Gasteiger partial charge is 0.378 e. The molecule has 2 aromatic rings. The number of nitrogens with one attached hydrogen (secondary N) is 3. The van der Waals surface area contributed by atoms with Crippen molar-refractivity contribution in [1.29, 1.82) is 0 Å². The fourth-order valence-corrected chi connectivity index (χ4v) is 3.41. The average Bonchev–Trinajstić information content (AvgIpc) is 2.94.